The Bertz CT molecular complexity index is 1200. The van der Waals surface area contributed by atoms with Gasteiger partial charge in [-0.25, -0.2) is 14.1 Å². The van der Waals surface area contributed by atoms with Crippen molar-refractivity contribution >= 4 is 62.8 Å². The fraction of sp³-hybridized carbons (Fsp3) is 0.130. The summed E-state index contributed by atoms with van der Waals surface area (Å²) in [5.74, 6) is -2.28. The second-order valence-corrected chi connectivity index (χ2v) is 8.00. The average Bonchev–Trinajstić information content (AvgIpc) is 2.77. The largest absolute Gasteiger partial charge is 0.480 e. The van der Waals surface area contributed by atoms with Gasteiger partial charge in [-0.05, 0) is 76.0 Å². The molecule has 0 atom stereocenters. The summed E-state index contributed by atoms with van der Waals surface area (Å²) in [7, 11) is 1.25. The molecule has 170 valence electrons. The highest BCUT2D eigenvalue weighted by molar-refractivity contribution is 9.10. The van der Waals surface area contributed by atoms with E-state index in [0.29, 0.717) is 27.8 Å². The second kappa shape index (κ2) is 10.5. The van der Waals surface area contributed by atoms with Crippen LogP contribution in [0.15, 0.2) is 59.1 Å². The molecule has 0 unspecified atom stereocenters. The molecule has 0 saturated carbocycles. The van der Waals surface area contributed by atoms with E-state index in [1.54, 1.807) is 24.3 Å². The molecule has 2 amide bonds. The lowest BCUT2D eigenvalue weighted by molar-refractivity contribution is -0.143. The third-order valence-corrected chi connectivity index (χ3v) is 5.45. The molecule has 33 heavy (non-hydrogen) atoms. The minimum absolute atomic E-state index is 0.0708. The molecule has 2 aromatic rings. The number of esters is 1. The number of benzene rings is 2. The van der Waals surface area contributed by atoms with Gasteiger partial charge in [0.2, 0.25) is 0 Å². The number of hydrogen-bond acceptors (Lipinski definition) is 6. The van der Waals surface area contributed by atoms with Crippen LogP contribution < -0.4 is 15.0 Å². The molecule has 1 N–H and O–H groups in total. The predicted octanol–water partition coefficient (Wildman–Crippen LogP) is 3.70. The molecule has 2 aromatic carbocycles. The van der Waals surface area contributed by atoms with Gasteiger partial charge in [-0.1, -0.05) is 18.2 Å². The van der Waals surface area contributed by atoms with Crippen LogP contribution in [-0.4, -0.2) is 36.6 Å². The van der Waals surface area contributed by atoms with Crippen LogP contribution in [0.25, 0.3) is 6.08 Å². The third kappa shape index (κ3) is 5.35. The van der Waals surface area contributed by atoms with E-state index in [0.717, 1.165) is 4.90 Å². The number of carbonyl (C=O) groups is 3. The predicted molar refractivity (Wildman–Crippen MR) is 128 cm³/mol. The number of para-hydroxylation sites is 1. The smallest absolute Gasteiger partial charge is 0.343 e. The number of nitrogens with one attached hydrogen (secondary N) is 1. The standard InChI is InChI=1S/C23H18BrFN2O5S/c1-3-6-14-9-13(11-16(24)20(14)32-12-19(28)31-2)10-15-21(29)26-23(33)27(22(15)30)18-8-5-4-7-17(18)25/h3-5,7-11H,1,6,12H2,2H3,(H,26,29,33)/b15-10+. The molecule has 0 aromatic heterocycles. The molecular formula is C23H18BrFN2O5S. The first kappa shape index (κ1) is 24.3. The van der Waals surface area contributed by atoms with Crippen molar-refractivity contribution in [1.29, 1.82) is 0 Å². The van der Waals surface area contributed by atoms with E-state index < -0.39 is 23.6 Å². The number of rotatable bonds is 7. The summed E-state index contributed by atoms with van der Waals surface area (Å²) >= 11 is 8.50. The third-order valence-electron chi connectivity index (χ3n) is 4.58. The molecule has 0 bridgehead atoms. The van der Waals surface area contributed by atoms with E-state index in [4.69, 9.17) is 17.0 Å². The van der Waals surface area contributed by atoms with Gasteiger partial charge in [0.1, 0.15) is 17.1 Å². The Hall–Kier alpha value is -3.37. The Labute approximate surface area is 203 Å². The summed E-state index contributed by atoms with van der Waals surface area (Å²) < 4.78 is 25.0. The fourth-order valence-electron chi connectivity index (χ4n) is 3.09. The van der Waals surface area contributed by atoms with Crippen molar-refractivity contribution in [1.82, 2.24) is 5.32 Å². The van der Waals surface area contributed by atoms with Crippen LogP contribution in [0.3, 0.4) is 0 Å². The Kier molecular flexibility index (Phi) is 7.72. The first-order valence-electron chi connectivity index (χ1n) is 9.55. The summed E-state index contributed by atoms with van der Waals surface area (Å²) in [6.45, 7) is 3.42. The van der Waals surface area contributed by atoms with Gasteiger partial charge >= 0.3 is 5.97 Å². The number of hydrogen-bond donors (Lipinski definition) is 1. The van der Waals surface area contributed by atoms with Crippen LogP contribution in [0.2, 0.25) is 0 Å². The van der Waals surface area contributed by atoms with Crippen LogP contribution in [0.4, 0.5) is 10.1 Å². The van der Waals surface area contributed by atoms with Gasteiger partial charge < -0.3 is 9.47 Å². The number of methoxy groups -OCH3 is 1. The molecule has 0 radical (unpaired) electrons. The van der Waals surface area contributed by atoms with Crippen molar-refractivity contribution in [3.63, 3.8) is 0 Å². The van der Waals surface area contributed by atoms with Crippen molar-refractivity contribution in [2.45, 2.75) is 6.42 Å². The molecule has 0 spiro atoms. The van der Waals surface area contributed by atoms with Gasteiger partial charge in [0, 0.05) is 0 Å². The molecule has 1 saturated heterocycles. The SMILES string of the molecule is C=CCc1cc(/C=C2\C(=O)NC(=S)N(c3ccccc3F)C2=O)cc(Br)c1OCC(=O)OC. The Morgan fingerprint density at radius 2 is 2.03 bits per heavy atom. The highest BCUT2D eigenvalue weighted by Crippen LogP contribution is 2.33. The molecule has 1 aliphatic rings. The molecule has 10 heteroatoms. The minimum atomic E-state index is -0.763. The first-order valence-corrected chi connectivity index (χ1v) is 10.8. The van der Waals surface area contributed by atoms with E-state index in [1.807, 2.05) is 0 Å². The van der Waals surface area contributed by atoms with E-state index in [9.17, 15) is 18.8 Å². The number of allylic oxidation sites excluding steroid dienone is 1. The van der Waals surface area contributed by atoms with Crippen molar-refractivity contribution in [3.05, 3.63) is 76.0 Å². The van der Waals surface area contributed by atoms with Crippen molar-refractivity contribution in [2.75, 3.05) is 18.6 Å². The number of anilines is 1. The normalized spacial score (nSPS) is 14.8. The van der Waals surface area contributed by atoms with E-state index in [-0.39, 0.29) is 23.0 Å². The minimum Gasteiger partial charge on any atom is -0.480 e. The van der Waals surface area contributed by atoms with Gasteiger partial charge in [0.15, 0.2) is 11.7 Å². The number of thiocarbonyl (C=S) groups is 1. The summed E-state index contributed by atoms with van der Waals surface area (Å²) in [6.07, 6.45) is 3.40. The lowest BCUT2D eigenvalue weighted by atomic mass is 10.0. The van der Waals surface area contributed by atoms with Gasteiger partial charge in [0.05, 0.1) is 17.3 Å². The summed E-state index contributed by atoms with van der Waals surface area (Å²) in [4.78, 5) is 38.0. The van der Waals surface area contributed by atoms with Gasteiger partial charge in [-0.3, -0.25) is 14.9 Å². The van der Waals surface area contributed by atoms with E-state index >= 15 is 0 Å². The van der Waals surface area contributed by atoms with E-state index in [1.165, 1.54) is 31.4 Å². The summed E-state index contributed by atoms with van der Waals surface area (Å²) in [5, 5.41) is 2.20. The van der Waals surface area contributed by atoms with Crippen LogP contribution in [-0.2, 0) is 25.5 Å². The highest BCUT2D eigenvalue weighted by Gasteiger charge is 2.35. The highest BCUT2D eigenvalue weighted by atomic mass is 79.9. The zero-order valence-electron chi connectivity index (χ0n) is 17.4. The monoisotopic (exact) mass is 532 g/mol. The van der Waals surface area contributed by atoms with Crippen LogP contribution >= 0.6 is 28.1 Å². The van der Waals surface area contributed by atoms with E-state index in [2.05, 4.69) is 32.6 Å². The van der Waals surface area contributed by atoms with Gasteiger partial charge in [-0.2, -0.15) is 0 Å². The maximum Gasteiger partial charge on any atom is 0.343 e. The topological polar surface area (TPSA) is 84.9 Å². The second-order valence-electron chi connectivity index (χ2n) is 6.76. The number of nitrogens with zero attached hydrogens (tertiary/aromatic N) is 1. The summed E-state index contributed by atoms with van der Waals surface area (Å²) in [5.41, 5.74) is 0.842. The molecule has 1 aliphatic heterocycles. The number of amides is 2. The molecular weight excluding hydrogens is 515 g/mol. The van der Waals surface area contributed by atoms with Crippen LogP contribution in [0.5, 0.6) is 5.75 Å². The lowest BCUT2D eigenvalue weighted by Gasteiger charge is -2.29. The molecule has 7 nitrogen and oxygen atoms in total. The molecule has 1 heterocycles. The lowest BCUT2D eigenvalue weighted by Crippen LogP contribution is -2.54. The van der Waals surface area contributed by atoms with Crippen molar-refractivity contribution < 1.29 is 28.2 Å². The maximum atomic E-state index is 14.3. The van der Waals surface area contributed by atoms with Crippen LogP contribution in [0.1, 0.15) is 11.1 Å². The van der Waals surface area contributed by atoms with Crippen LogP contribution in [0, 0.1) is 5.82 Å². The fourth-order valence-corrected chi connectivity index (χ4v) is 4.00. The zero-order chi connectivity index (χ0) is 24.1. The average molecular weight is 533 g/mol. The number of ether oxygens (including phenoxy) is 2. The quantitative estimate of drug-likeness (QED) is 0.192. The summed E-state index contributed by atoms with van der Waals surface area (Å²) in [6, 6.07) is 8.92. The molecule has 1 fully saturated rings. The molecule has 3 rings (SSSR count). The van der Waals surface area contributed by atoms with Gasteiger partial charge in [0.25, 0.3) is 11.8 Å². The first-order chi connectivity index (χ1) is 15.8. The number of carbonyl (C=O) groups excluding carboxylic acids is 3. The Morgan fingerprint density at radius 3 is 2.70 bits per heavy atom. The Morgan fingerprint density at radius 1 is 1.30 bits per heavy atom. The Balaban J connectivity index is 2.01. The van der Waals surface area contributed by atoms with Crippen molar-refractivity contribution in [3.8, 4) is 5.75 Å². The van der Waals surface area contributed by atoms with Gasteiger partial charge in [-0.15, -0.1) is 6.58 Å². The number of halogens is 2. The molecule has 0 aliphatic carbocycles. The van der Waals surface area contributed by atoms with Crippen molar-refractivity contribution in [2.24, 2.45) is 0 Å². The zero-order valence-corrected chi connectivity index (χ0v) is 19.8. The maximum absolute atomic E-state index is 14.3.